The molecule has 1 saturated carbocycles. The molecule has 0 spiro atoms. The minimum absolute atomic E-state index is 0.135. The number of piperidine rings is 1. The lowest BCUT2D eigenvalue weighted by atomic mass is 9.51. The van der Waals surface area contributed by atoms with Crippen molar-refractivity contribution in [2.24, 2.45) is 17.3 Å². The molecule has 2 fully saturated rings. The summed E-state index contributed by atoms with van der Waals surface area (Å²) < 4.78 is 0. The molecule has 1 amide bonds. The minimum atomic E-state index is -0.148. The van der Waals surface area contributed by atoms with Gasteiger partial charge < -0.3 is 10.6 Å². The smallest absolute Gasteiger partial charge is 0.227 e. The Labute approximate surface area is 137 Å². The number of rotatable bonds is 4. The van der Waals surface area contributed by atoms with Gasteiger partial charge in [0.25, 0.3) is 0 Å². The number of hydrogen-bond donors (Lipinski definition) is 2. The lowest BCUT2D eigenvalue weighted by molar-refractivity contribution is -0.152. The average molecular weight is 309 g/mol. The number of carbonyl (C=O) groups excluding carboxylic acids is 1. The van der Waals surface area contributed by atoms with Crippen LogP contribution in [-0.2, 0) is 4.79 Å². The summed E-state index contributed by atoms with van der Waals surface area (Å²) >= 11 is 0. The fraction of sp³-hybridized carbons (Fsp3) is 0.842. The quantitative estimate of drug-likeness (QED) is 0.773. The summed E-state index contributed by atoms with van der Waals surface area (Å²) in [6.07, 6.45) is 7.45. The van der Waals surface area contributed by atoms with Crippen LogP contribution in [0.5, 0.6) is 0 Å². The Balaban J connectivity index is 0.00000116. The van der Waals surface area contributed by atoms with Gasteiger partial charge in [-0.2, -0.15) is 0 Å². The van der Waals surface area contributed by atoms with Crippen molar-refractivity contribution in [1.82, 2.24) is 10.6 Å². The molecule has 2 unspecified atom stereocenters. The number of carbonyl (C=O) groups is 1. The van der Waals surface area contributed by atoms with Gasteiger partial charge in [-0.15, -0.1) is 6.58 Å². The fourth-order valence-electron chi connectivity index (χ4n) is 4.00. The Bertz CT molecular complexity index is 366. The Hall–Kier alpha value is -0.830. The second-order valence-electron chi connectivity index (χ2n) is 7.53. The predicted octanol–water partition coefficient (Wildman–Crippen LogP) is 3.90. The zero-order valence-electron chi connectivity index (χ0n) is 15.3. The monoisotopic (exact) mass is 308 g/mol. The first-order valence-electron chi connectivity index (χ1n) is 9.04. The van der Waals surface area contributed by atoms with Crippen LogP contribution in [0, 0.1) is 17.3 Å². The van der Waals surface area contributed by atoms with Gasteiger partial charge in [0.05, 0.1) is 5.41 Å². The molecular weight excluding hydrogens is 272 g/mol. The molecule has 0 radical (unpaired) electrons. The van der Waals surface area contributed by atoms with Gasteiger partial charge >= 0.3 is 0 Å². The lowest BCUT2D eigenvalue weighted by Gasteiger charge is -2.54. The molecule has 2 N–H and O–H groups in total. The summed E-state index contributed by atoms with van der Waals surface area (Å²) in [4.78, 5) is 13.0. The van der Waals surface area contributed by atoms with Crippen LogP contribution >= 0.6 is 0 Å². The van der Waals surface area contributed by atoms with Crippen LogP contribution in [-0.4, -0.2) is 24.5 Å². The van der Waals surface area contributed by atoms with E-state index in [0.29, 0.717) is 11.8 Å². The van der Waals surface area contributed by atoms with E-state index >= 15 is 0 Å². The lowest BCUT2D eigenvalue weighted by Crippen LogP contribution is -2.60. The summed E-state index contributed by atoms with van der Waals surface area (Å²) in [6, 6.07) is 0. The highest BCUT2D eigenvalue weighted by Gasteiger charge is 2.56. The standard InChI is InChI=1S/C17H30N2O.C2H6/c1-5-6-13-7-10-17(13,14-8-11-18-12-9-14)15(20)19-16(2,3)4;1-2/h5,13-14,18H,1,6-12H2,2-4H3,(H,19,20);1-2H3. The van der Waals surface area contributed by atoms with E-state index in [1.54, 1.807) is 0 Å². The van der Waals surface area contributed by atoms with Crippen LogP contribution in [0.2, 0.25) is 0 Å². The van der Waals surface area contributed by atoms with Crippen molar-refractivity contribution >= 4 is 5.91 Å². The molecule has 2 rings (SSSR count). The molecule has 0 aromatic rings. The molecule has 0 bridgehead atoms. The predicted molar refractivity (Wildman–Crippen MR) is 94.8 cm³/mol. The summed E-state index contributed by atoms with van der Waals surface area (Å²) in [5, 5.41) is 6.67. The fourth-order valence-corrected chi connectivity index (χ4v) is 4.00. The third-order valence-corrected chi connectivity index (χ3v) is 5.07. The van der Waals surface area contributed by atoms with E-state index in [-0.39, 0.29) is 16.9 Å². The first-order chi connectivity index (χ1) is 10.4. The van der Waals surface area contributed by atoms with Crippen molar-refractivity contribution in [3.05, 3.63) is 12.7 Å². The minimum Gasteiger partial charge on any atom is -0.351 e. The van der Waals surface area contributed by atoms with Crippen LogP contribution in [0.3, 0.4) is 0 Å². The Morgan fingerprint density at radius 3 is 2.27 bits per heavy atom. The van der Waals surface area contributed by atoms with Crippen molar-refractivity contribution < 1.29 is 4.79 Å². The summed E-state index contributed by atoms with van der Waals surface area (Å²) in [5.41, 5.74) is -0.283. The maximum atomic E-state index is 13.0. The van der Waals surface area contributed by atoms with E-state index in [4.69, 9.17) is 0 Å². The zero-order valence-corrected chi connectivity index (χ0v) is 15.3. The third kappa shape index (κ3) is 4.13. The van der Waals surface area contributed by atoms with Gasteiger partial charge in [0.2, 0.25) is 5.91 Å². The number of allylic oxidation sites excluding steroid dienone is 1. The maximum Gasteiger partial charge on any atom is 0.227 e. The molecule has 3 heteroatoms. The van der Waals surface area contributed by atoms with Crippen molar-refractivity contribution in [3.8, 4) is 0 Å². The zero-order chi connectivity index (χ0) is 16.8. The second kappa shape index (κ2) is 8.14. The Kier molecular flexibility index (Phi) is 7.11. The largest absolute Gasteiger partial charge is 0.351 e. The van der Waals surface area contributed by atoms with E-state index in [1.807, 2.05) is 19.9 Å². The van der Waals surface area contributed by atoms with E-state index in [2.05, 4.69) is 38.0 Å². The highest BCUT2D eigenvalue weighted by molar-refractivity contribution is 5.85. The maximum absolute atomic E-state index is 13.0. The first kappa shape index (κ1) is 19.2. The van der Waals surface area contributed by atoms with Gasteiger partial charge in [0.15, 0.2) is 0 Å². The topological polar surface area (TPSA) is 41.1 Å². The molecule has 1 aliphatic carbocycles. The summed E-state index contributed by atoms with van der Waals surface area (Å²) in [7, 11) is 0. The molecule has 0 aromatic heterocycles. The molecule has 2 atom stereocenters. The number of nitrogens with one attached hydrogen (secondary N) is 2. The van der Waals surface area contributed by atoms with Gasteiger partial charge in [0.1, 0.15) is 0 Å². The molecule has 3 nitrogen and oxygen atoms in total. The van der Waals surface area contributed by atoms with Crippen molar-refractivity contribution in [3.63, 3.8) is 0 Å². The van der Waals surface area contributed by atoms with Crippen LogP contribution in [0.4, 0.5) is 0 Å². The van der Waals surface area contributed by atoms with Gasteiger partial charge in [0, 0.05) is 5.54 Å². The Morgan fingerprint density at radius 1 is 1.27 bits per heavy atom. The van der Waals surface area contributed by atoms with E-state index in [1.165, 1.54) is 6.42 Å². The van der Waals surface area contributed by atoms with Crippen molar-refractivity contribution in [2.45, 2.75) is 72.3 Å². The van der Waals surface area contributed by atoms with E-state index < -0.39 is 0 Å². The van der Waals surface area contributed by atoms with Crippen LogP contribution < -0.4 is 10.6 Å². The second-order valence-corrected chi connectivity index (χ2v) is 7.53. The molecular formula is C19H36N2O. The third-order valence-electron chi connectivity index (χ3n) is 5.07. The number of amides is 1. The molecule has 1 heterocycles. The number of hydrogen-bond acceptors (Lipinski definition) is 2. The first-order valence-corrected chi connectivity index (χ1v) is 9.04. The molecule has 0 aromatic carbocycles. The SMILES string of the molecule is C=CCC1CCC1(C(=O)NC(C)(C)C)C1CCNCC1.CC. The molecule has 2 aliphatic rings. The molecule has 128 valence electrons. The summed E-state index contributed by atoms with van der Waals surface area (Å²) in [5.74, 6) is 1.31. The van der Waals surface area contributed by atoms with Gasteiger partial charge in [-0.1, -0.05) is 19.9 Å². The summed E-state index contributed by atoms with van der Waals surface area (Å²) in [6.45, 7) is 16.2. The highest BCUT2D eigenvalue weighted by Crippen LogP contribution is 2.56. The van der Waals surface area contributed by atoms with Crippen molar-refractivity contribution in [1.29, 1.82) is 0 Å². The van der Waals surface area contributed by atoms with E-state index in [9.17, 15) is 4.79 Å². The van der Waals surface area contributed by atoms with Gasteiger partial charge in [-0.25, -0.2) is 0 Å². The molecule has 1 saturated heterocycles. The normalized spacial score (nSPS) is 28.9. The highest BCUT2D eigenvalue weighted by atomic mass is 16.2. The van der Waals surface area contributed by atoms with Crippen LogP contribution in [0.25, 0.3) is 0 Å². The van der Waals surface area contributed by atoms with Crippen molar-refractivity contribution in [2.75, 3.05) is 13.1 Å². The van der Waals surface area contributed by atoms with Crippen LogP contribution in [0.1, 0.15) is 66.7 Å². The van der Waals surface area contributed by atoms with Gasteiger partial charge in [-0.05, 0) is 77.8 Å². The van der Waals surface area contributed by atoms with Crippen LogP contribution in [0.15, 0.2) is 12.7 Å². The van der Waals surface area contributed by atoms with Gasteiger partial charge in [-0.3, -0.25) is 4.79 Å². The Morgan fingerprint density at radius 2 is 1.86 bits per heavy atom. The average Bonchev–Trinajstić information content (AvgIpc) is 2.45. The van der Waals surface area contributed by atoms with E-state index in [0.717, 1.165) is 38.8 Å². The molecule has 1 aliphatic heterocycles. The molecule has 22 heavy (non-hydrogen) atoms.